The van der Waals surface area contributed by atoms with Crippen molar-refractivity contribution in [2.24, 2.45) is 0 Å². The Morgan fingerprint density at radius 2 is 1.86 bits per heavy atom. The largest absolute Gasteiger partial charge is 0.382 e. The molecule has 0 aliphatic carbocycles. The highest BCUT2D eigenvalue weighted by Crippen LogP contribution is 2.21. The Kier molecular flexibility index (Phi) is 7.05. The van der Waals surface area contributed by atoms with Gasteiger partial charge in [-0.05, 0) is 55.9 Å². The molecule has 1 aromatic carbocycles. The van der Waals surface area contributed by atoms with E-state index in [9.17, 15) is 23.5 Å². The number of ketones is 1. The Bertz CT molecular complexity index is 1020. The maximum Gasteiger partial charge on any atom is 0.269 e. The van der Waals surface area contributed by atoms with Gasteiger partial charge in [-0.25, -0.2) is 13.8 Å². The number of thiazole rings is 1. The van der Waals surface area contributed by atoms with E-state index in [-0.39, 0.29) is 5.56 Å². The number of aromatic nitrogens is 1. The summed E-state index contributed by atoms with van der Waals surface area (Å²) < 4.78 is 26.0. The number of nitrogens with two attached hydrogens (primary N) is 1. The van der Waals surface area contributed by atoms with Gasteiger partial charge in [0.15, 0.2) is 10.9 Å². The number of nitrogens with one attached hydrogen (secondary N) is 1. The lowest BCUT2D eigenvalue weighted by molar-refractivity contribution is -0.138. The maximum absolute atomic E-state index is 13.0. The van der Waals surface area contributed by atoms with Gasteiger partial charge >= 0.3 is 0 Å². The second kappa shape index (κ2) is 9.28. The fourth-order valence-corrected chi connectivity index (χ4v) is 2.78. The van der Waals surface area contributed by atoms with Crippen molar-refractivity contribution in [3.63, 3.8) is 0 Å². The van der Waals surface area contributed by atoms with Crippen LogP contribution in [-0.2, 0) is 4.79 Å². The van der Waals surface area contributed by atoms with E-state index >= 15 is 0 Å². The average molecular weight is 417 g/mol. The molecule has 2 atom stereocenters. The van der Waals surface area contributed by atoms with Crippen molar-refractivity contribution in [3.05, 3.63) is 46.5 Å². The number of anilines is 1. The zero-order valence-corrected chi connectivity index (χ0v) is 16.3. The SMILES string of the molecule is CC(=O)[C@@H](NC(=O)c1ccc(C#CC#Cc2cnc(N)s2)cc1)[C@](C)(O)C(F)F. The molecule has 4 N–H and O–H groups in total. The lowest BCUT2D eigenvalue weighted by Gasteiger charge is -2.30. The first-order valence-electron chi connectivity index (χ1n) is 8.26. The van der Waals surface area contributed by atoms with Gasteiger partial charge in [-0.1, -0.05) is 17.3 Å². The maximum atomic E-state index is 13.0. The third-order valence-electron chi connectivity index (χ3n) is 3.83. The summed E-state index contributed by atoms with van der Waals surface area (Å²) in [6.45, 7) is 1.81. The van der Waals surface area contributed by atoms with Gasteiger partial charge in [-0.2, -0.15) is 0 Å². The van der Waals surface area contributed by atoms with Crippen LogP contribution in [0.25, 0.3) is 0 Å². The molecule has 29 heavy (non-hydrogen) atoms. The van der Waals surface area contributed by atoms with Crippen LogP contribution in [0.1, 0.15) is 34.6 Å². The molecule has 2 rings (SSSR count). The number of rotatable bonds is 5. The van der Waals surface area contributed by atoms with Crippen LogP contribution in [-0.4, -0.2) is 39.8 Å². The van der Waals surface area contributed by atoms with E-state index in [1.807, 2.05) is 0 Å². The van der Waals surface area contributed by atoms with Gasteiger partial charge in [-0.15, -0.1) is 0 Å². The fourth-order valence-electron chi connectivity index (χ4n) is 2.25. The van der Waals surface area contributed by atoms with E-state index in [0.29, 0.717) is 15.6 Å². The highest BCUT2D eigenvalue weighted by Gasteiger charge is 2.44. The summed E-state index contributed by atoms with van der Waals surface area (Å²) in [5.74, 6) is 9.34. The number of hydrogen-bond donors (Lipinski definition) is 3. The normalized spacial score (nSPS) is 13.3. The van der Waals surface area contributed by atoms with E-state index in [1.54, 1.807) is 18.3 Å². The molecule has 9 heteroatoms. The molecule has 0 saturated heterocycles. The van der Waals surface area contributed by atoms with Crippen LogP contribution in [0.5, 0.6) is 0 Å². The van der Waals surface area contributed by atoms with Crippen molar-refractivity contribution in [1.29, 1.82) is 0 Å². The van der Waals surface area contributed by atoms with Crippen molar-refractivity contribution in [2.75, 3.05) is 5.73 Å². The number of nitrogen functional groups attached to an aromatic ring is 1. The number of carbonyl (C=O) groups excluding carboxylic acids is 2. The first-order chi connectivity index (χ1) is 13.6. The molecule has 6 nitrogen and oxygen atoms in total. The van der Waals surface area contributed by atoms with Crippen LogP contribution >= 0.6 is 11.3 Å². The Morgan fingerprint density at radius 1 is 1.24 bits per heavy atom. The molecule has 0 unspecified atom stereocenters. The summed E-state index contributed by atoms with van der Waals surface area (Å²) in [5, 5.41) is 12.4. The Hall–Kier alpha value is -3.27. The number of hydrogen-bond acceptors (Lipinski definition) is 6. The van der Waals surface area contributed by atoms with Crippen molar-refractivity contribution >= 4 is 28.2 Å². The summed E-state index contributed by atoms with van der Waals surface area (Å²) >= 11 is 1.24. The Labute approximate surface area is 170 Å². The van der Waals surface area contributed by atoms with Crippen molar-refractivity contribution < 1.29 is 23.5 Å². The second-order valence-electron chi connectivity index (χ2n) is 6.18. The van der Waals surface area contributed by atoms with E-state index < -0.39 is 29.8 Å². The van der Waals surface area contributed by atoms with Crippen LogP contribution in [0.4, 0.5) is 13.9 Å². The zero-order valence-electron chi connectivity index (χ0n) is 15.5. The summed E-state index contributed by atoms with van der Waals surface area (Å²) in [4.78, 5) is 28.4. The minimum Gasteiger partial charge on any atom is -0.382 e. The summed E-state index contributed by atoms with van der Waals surface area (Å²) in [6.07, 6.45) is -1.67. The number of aliphatic hydroxyl groups is 1. The van der Waals surface area contributed by atoms with E-state index in [1.165, 1.54) is 23.5 Å². The van der Waals surface area contributed by atoms with E-state index in [0.717, 1.165) is 13.8 Å². The van der Waals surface area contributed by atoms with Crippen LogP contribution in [0.15, 0.2) is 30.5 Å². The fraction of sp³-hybridized carbons (Fsp3) is 0.250. The standard InChI is InChI=1S/C20H17F2N3O3S/c1-12(26)16(20(2,28)18(21)22)25-17(27)14-9-7-13(8-10-14)5-3-4-6-15-11-24-19(23)29-15/h7-11,16,18,28H,1-2H3,(H2,23,24)(H,25,27)/t16-,20+/m1/s1. The quantitative estimate of drug-likeness (QED) is 0.644. The molecule has 0 radical (unpaired) electrons. The van der Waals surface area contributed by atoms with Crippen LogP contribution < -0.4 is 11.1 Å². The molecule has 0 bridgehead atoms. The second-order valence-corrected chi connectivity index (χ2v) is 7.25. The third-order valence-corrected chi connectivity index (χ3v) is 4.58. The molecule has 0 saturated carbocycles. The summed E-state index contributed by atoms with van der Waals surface area (Å²) in [6, 6.07) is 4.19. The number of amides is 1. The van der Waals surface area contributed by atoms with E-state index in [4.69, 9.17) is 5.73 Å². The first-order valence-corrected chi connectivity index (χ1v) is 9.08. The van der Waals surface area contributed by atoms with Gasteiger partial charge in [0.2, 0.25) is 0 Å². The van der Waals surface area contributed by atoms with E-state index in [2.05, 4.69) is 34.0 Å². The van der Waals surface area contributed by atoms with Gasteiger partial charge in [-0.3, -0.25) is 9.59 Å². The molecule has 0 aliphatic rings. The van der Waals surface area contributed by atoms with Crippen molar-refractivity contribution in [1.82, 2.24) is 10.3 Å². The zero-order chi connectivity index (χ0) is 21.6. The van der Waals surface area contributed by atoms with Crippen LogP contribution in [0, 0.1) is 23.7 Å². The lowest BCUT2D eigenvalue weighted by atomic mass is 9.93. The van der Waals surface area contributed by atoms with Gasteiger partial charge in [0.25, 0.3) is 12.3 Å². The molecule has 1 heterocycles. The summed E-state index contributed by atoms with van der Waals surface area (Å²) in [7, 11) is 0. The topological polar surface area (TPSA) is 105 Å². The molecule has 1 amide bonds. The number of halogens is 2. The predicted octanol–water partition coefficient (Wildman–Crippen LogP) is 1.83. The lowest BCUT2D eigenvalue weighted by Crippen LogP contribution is -2.58. The van der Waals surface area contributed by atoms with Crippen LogP contribution in [0.3, 0.4) is 0 Å². The third kappa shape index (κ3) is 5.85. The minimum atomic E-state index is -3.21. The number of alkyl halides is 2. The predicted molar refractivity (Wildman–Crippen MR) is 105 cm³/mol. The highest BCUT2D eigenvalue weighted by atomic mass is 32.1. The molecule has 0 aliphatic heterocycles. The molecule has 2 aromatic rings. The van der Waals surface area contributed by atoms with Gasteiger partial charge in [0.1, 0.15) is 11.6 Å². The number of benzene rings is 1. The minimum absolute atomic E-state index is 0.123. The molecule has 0 spiro atoms. The van der Waals surface area contributed by atoms with Gasteiger partial charge in [0, 0.05) is 11.1 Å². The smallest absolute Gasteiger partial charge is 0.269 e. The highest BCUT2D eigenvalue weighted by molar-refractivity contribution is 7.15. The molecular formula is C20H17F2N3O3S. The molecule has 1 aromatic heterocycles. The van der Waals surface area contributed by atoms with Crippen molar-refractivity contribution in [2.45, 2.75) is 31.9 Å². The molecule has 0 fully saturated rings. The van der Waals surface area contributed by atoms with Crippen LogP contribution in [0.2, 0.25) is 0 Å². The summed E-state index contributed by atoms with van der Waals surface area (Å²) in [5.41, 5.74) is 3.51. The average Bonchev–Trinajstić information content (AvgIpc) is 3.08. The van der Waals surface area contributed by atoms with Gasteiger partial charge < -0.3 is 16.2 Å². The number of nitrogens with zero attached hydrogens (tertiary/aromatic N) is 1. The number of carbonyl (C=O) groups is 2. The monoisotopic (exact) mass is 417 g/mol. The van der Waals surface area contributed by atoms with Crippen molar-refractivity contribution in [3.8, 4) is 23.7 Å². The first kappa shape index (κ1) is 22.0. The molecule has 150 valence electrons. The van der Waals surface area contributed by atoms with Gasteiger partial charge in [0.05, 0.1) is 11.1 Å². The number of Topliss-reactive ketones (excluding diaryl/α,β-unsaturated/α-hetero) is 1. The Morgan fingerprint density at radius 3 is 2.38 bits per heavy atom. The Balaban J connectivity index is 2.08. The molecular weight excluding hydrogens is 400 g/mol.